The van der Waals surface area contributed by atoms with Gasteiger partial charge in [-0.1, -0.05) is 42.5 Å². The number of nitrogens with zero attached hydrogens (tertiary/aromatic N) is 2. The maximum Gasteiger partial charge on any atom is 0.344 e. The van der Waals surface area contributed by atoms with Gasteiger partial charge < -0.3 is 0 Å². The van der Waals surface area contributed by atoms with Gasteiger partial charge >= 0.3 is 5.69 Å². The lowest BCUT2D eigenvalue weighted by Gasteiger charge is -2.07. The Hall–Kier alpha value is -2.54. The molecule has 7 heteroatoms. The van der Waals surface area contributed by atoms with E-state index in [9.17, 15) is 14.0 Å². The molecule has 2 aromatic carbocycles. The van der Waals surface area contributed by atoms with Crippen molar-refractivity contribution < 1.29 is 4.39 Å². The highest BCUT2D eigenvalue weighted by Crippen LogP contribution is 2.22. The van der Waals surface area contributed by atoms with E-state index in [-0.39, 0.29) is 10.4 Å². The third-order valence-electron chi connectivity index (χ3n) is 3.60. The Morgan fingerprint density at radius 2 is 1.79 bits per heavy atom. The molecule has 0 saturated carbocycles. The van der Waals surface area contributed by atoms with E-state index in [0.29, 0.717) is 18.5 Å². The van der Waals surface area contributed by atoms with Crippen molar-refractivity contribution in [3.63, 3.8) is 0 Å². The Balaban J connectivity index is 1.76. The van der Waals surface area contributed by atoms with Crippen LogP contribution in [0.15, 0.2) is 62.7 Å². The minimum absolute atomic E-state index is 0.0667. The number of aromatic nitrogens is 3. The van der Waals surface area contributed by atoms with Crippen molar-refractivity contribution >= 4 is 15.9 Å². The van der Waals surface area contributed by atoms with Crippen LogP contribution in [0.2, 0.25) is 0 Å². The van der Waals surface area contributed by atoms with Gasteiger partial charge in [0.05, 0.1) is 6.54 Å². The van der Waals surface area contributed by atoms with Gasteiger partial charge in [0.2, 0.25) is 0 Å². The molecule has 0 spiro atoms. The van der Waals surface area contributed by atoms with E-state index in [0.717, 1.165) is 11.1 Å². The third kappa shape index (κ3) is 3.51. The highest BCUT2D eigenvalue weighted by atomic mass is 79.9. The predicted octanol–water partition coefficient (Wildman–Crippen LogP) is 2.74. The van der Waals surface area contributed by atoms with Gasteiger partial charge in [0.25, 0.3) is 5.56 Å². The molecule has 0 atom stereocenters. The van der Waals surface area contributed by atoms with Crippen molar-refractivity contribution in [3.8, 4) is 11.1 Å². The predicted molar refractivity (Wildman–Crippen MR) is 92.4 cm³/mol. The van der Waals surface area contributed by atoms with Crippen LogP contribution >= 0.6 is 15.9 Å². The van der Waals surface area contributed by atoms with E-state index in [1.807, 2.05) is 24.3 Å². The van der Waals surface area contributed by atoms with Crippen molar-refractivity contribution in [3.05, 3.63) is 85.4 Å². The number of aromatic amines is 1. The number of hydrogen-bond acceptors (Lipinski definition) is 3. The zero-order valence-corrected chi connectivity index (χ0v) is 14.1. The molecule has 1 N–H and O–H groups in total. The fourth-order valence-corrected chi connectivity index (χ4v) is 2.63. The Kier molecular flexibility index (Phi) is 4.71. The normalized spacial score (nSPS) is 10.8. The minimum atomic E-state index is -0.550. The smallest absolute Gasteiger partial charge is 0.270 e. The summed E-state index contributed by atoms with van der Waals surface area (Å²) in [6.45, 7) is 0.327. The molecule has 1 heterocycles. The summed E-state index contributed by atoms with van der Waals surface area (Å²) < 4.78 is 15.0. The first-order chi connectivity index (χ1) is 11.5. The van der Waals surface area contributed by atoms with Gasteiger partial charge in [0.15, 0.2) is 4.60 Å². The molecule has 0 aliphatic carbocycles. The van der Waals surface area contributed by atoms with Crippen LogP contribution in [0, 0.1) is 5.82 Å². The van der Waals surface area contributed by atoms with Crippen molar-refractivity contribution in [2.24, 2.45) is 0 Å². The zero-order valence-electron chi connectivity index (χ0n) is 12.5. The summed E-state index contributed by atoms with van der Waals surface area (Å²) >= 11 is 3.00. The van der Waals surface area contributed by atoms with Gasteiger partial charge in [-0.3, -0.25) is 9.78 Å². The molecule has 0 unspecified atom stereocenters. The van der Waals surface area contributed by atoms with Crippen LogP contribution in [0.1, 0.15) is 5.56 Å². The number of halogens is 2. The third-order valence-corrected chi connectivity index (χ3v) is 4.12. The maximum atomic E-state index is 13.8. The lowest BCUT2D eigenvalue weighted by atomic mass is 10.0. The molecule has 0 saturated heterocycles. The van der Waals surface area contributed by atoms with Crippen LogP contribution in [0.3, 0.4) is 0 Å². The van der Waals surface area contributed by atoms with Crippen molar-refractivity contribution in [1.29, 1.82) is 0 Å². The van der Waals surface area contributed by atoms with Crippen molar-refractivity contribution in [1.82, 2.24) is 14.8 Å². The van der Waals surface area contributed by atoms with Crippen molar-refractivity contribution in [2.45, 2.75) is 13.0 Å². The SMILES string of the molecule is O=c1[nH]c(=O)n(CCc2ccc(-c3ccccc3F)cc2)nc1Br. The standard InChI is InChI=1S/C17H13BrFN3O2/c18-15-16(23)20-17(24)22(21-15)10-9-11-5-7-12(8-6-11)13-3-1-2-4-14(13)19/h1-8H,9-10H2,(H,20,23,24). The van der Waals surface area contributed by atoms with E-state index in [1.165, 1.54) is 10.7 Å². The second-order valence-electron chi connectivity index (χ2n) is 5.20. The van der Waals surface area contributed by atoms with E-state index >= 15 is 0 Å². The number of aryl methyl sites for hydroxylation is 2. The van der Waals surface area contributed by atoms with E-state index in [2.05, 4.69) is 26.0 Å². The lowest BCUT2D eigenvalue weighted by molar-refractivity contribution is 0.548. The summed E-state index contributed by atoms with van der Waals surface area (Å²) in [4.78, 5) is 25.1. The molecule has 0 amide bonds. The molecule has 3 rings (SSSR count). The summed E-state index contributed by atoms with van der Waals surface area (Å²) in [6.07, 6.45) is 0.558. The summed E-state index contributed by atoms with van der Waals surface area (Å²) in [5.74, 6) is -0.265. The quantitative estimate of drug-likeness (QED) is 0.745. The first kappa shape index (κ1) is 16.3. The average Bonchev–Trinajstić information content (AvgIpc) is 2.58. The molecular weight excluding hydrogens is 377 g/mol. The van der Waals surface area contributed by atoms with Gasteiger partial charge in [-0.2, -0.15) is 5.10 Å². The van der Waals surface area contributed by atoms with Crippen LogP contribution in [-0.4, -0.2) is 14.8 Å². The van der Waals surface area contributed by atoms with E-state index in [4.69, 9.17) is 0 Å². The number of rotatable bonds is 4. The van der Waals surface area contributed by atoms with Gasteiger partial charge in [-0.25, -0.2) is 13.9 Å². The van der Waals surface area contributed by atoms with Crippen LogP contribution in [0.25, 0.3) is 11.1 Å². The fraction of sp³-hybridized carbons (Fsp3) is 0.118. The Morgan fingerprint density at radius 1 is 1.08 bits per heavy atom. The van der Waals surface area contributed by atoms with Crippen LogP contribution in [-0.2, 0) is 13.0 Å². The summed E-state index contributed by atoms with van der Waals surface area (Å²) in [5.41, 5.74) is 1.22. The number of benzene rings is 2. The molecule has 5 nitrogen and oxygen atoms in total. The Morgan fingerprint density at radius 3 is 2.50 bits per heavy atom. The molecule has 24 heavy (non-hydrogen) atoms. The highest BCUT2D eigenvalue weighted by molar-refractivity contribution is 9.10. The van der Waals surface area contributed by atoms with Crippen LogP contribution < -0.4 is 11.2 Å². The fourth-order valence-electron chi connectivity index (χ4n) is 2.34. The van der Waals surface area contributed by atoms with Gasteiger partial charge in [0, 0.05) is 5.56 Å². The van der Waals surface area contributed by atoms with E-state index in [1.54, 1.807) is 18.2 Å². The summed E-state index contributed by atoms with van der Waals surface area (Å²) in [6, 6.07) is 14.0. The van der Waals surface area contributed by atoms with E-state index < -0.39 is 11.2 Å². The average molecular weight is 390 g/mol. The molecule has 122 valence electrons. The maximum absolute atomic E-state index is 13.8. The molecular formula is C17H13BrFN3O2. The number of nitrogens with one attached hydrogen (secondary N) is 1. The molecule has 1 aromatic heterocycles. The monoisotopic (exact) mass is 389 g/mol. The highest BCUT2D eigenvalue weighted by Gasteiger charge is 2.06. The molecule has 0 aliphatic rings. The van der Waals surface area contributed by atoms with Gasteiger partial charge in [-0.05, 0) is 39.5 Å². The Labute approximate surface area is 144 Å². The largest absolute Gasteiger partial charge is 0.344 e. The van der Waals surface area contributed by atoms with Crippen LogP contribution in [0.4, 0.5) is 4.39 Å². The first-order valence-electron chi connectivity index (χ1n) is 7.25. The molecule has 0 fully saturated rings. The number of hydrogen-bond donors (Lipinski definition) is 1. The molecule has 0 radical (unpaired) electrons. The molecule has 0 aliphatic heterocycles. The summed E-state index contributed by atoms with van der Waals surface area (Å²) in [7, 11) is 0. The lowest BCUT2D eigenvalue weighted by Crippen LogP contribution is -2.33. The Bertz CT molecular complexity index is 980. The molecule has 0 bridgehead atoms. The van der Waals surface area contributed by atoms with Gasteiger partial charge in [0.1, 0.15) is 5.82 Å². The second-order valence-corrected chi connectivity index (χ2v) is 5.95. The topological polar surface area (TPSA) is 67.8 Å². The van der Waals surface area contributed by atoms with Gasteiger partial charge in [-0.15, -0.1) is 0 Å². The van der Waals surface area contributed by atoms with Crippen molar-refractivity contribution in [2.75, 3.05) is 0 Å². The van der Waals surface area contributed by atoms with Crippen LogP contribution in [0.5, 0.6) is 0 Å². The first-order valence-corrected chi connectivity index (χ1v) is 8.04. The minimum Gasteiger partial charge on any atom is -0.270 e. The number of H-pyrrole nitrogens is 1. The zero-order chi connectivity index (χ0) is 17.1. The molecule has 3 aromatic rings. The second kappa shape index (κ2) is 6.92. The summed E-state index contributed by atoms with van der Waals surface area (Å²) in [5, 5.41) is 3.89.